The van der Waals surface area contributed by atoms with Gasteiger partial charge in [-0.2, -0.15) is 10.2 Å². The average molecular weight is 853 g/mol. The molecule has 15 heteroatoms. The lowest BCUT2D eigenvalue weighted by Crippen LogP contribution is -2.21. The Morgan fingerprint density at radius 2 is 1.24 bits per heavy atom. The van der Waals surface area contributed by atoms with Gasteiger partial charge in [-0.15, -0.1) is 0 Å². The summed E-state index contributed by atoms with van der Waals surface area (Å²) in [5.74, 6) is -0.437. The van der Waals surface area contributed by atoms with Crippen molar-refractivity contribution in [1.82, 2.24) is 34.8 Å². The number of aromatic nitrogens is 6. The molecule has 8 aromatic rings. The van der Waals surface area contributed by atoms with Crippen molar-refractivity contribution in [2.45, 2.75) is 52.6 Å². The van der Waals surface area contributed by atoms with Crippen LogP contribution in [-0.4, -0.2) is 47.3 Å². The molecule has 0 saturated carbocycles. The number of aldehydes is 1. The van der Waals surface area contributed by atoms with Crippen molar-refractivity contribution in [1.29, 1.82) is 0 Å². The molecule has 324 valence electrons. The third kappa shape index (κ3) is 11.0. The molecule has 4 heterocycles. The summed E-state index contributed by atoms with van der Waals surface area (Å²) in [4.78, 5) is 30.0. The maximum Gasteiger partial charge on any atom is 0.275 e. The van der Waals surface area contributed by atoms with Crippen molar-refractivity contribution in [3.63, 3.8) is 0 Å². The Kier molecular flexibility index (Phi) is 14.4. The van der Waals surface area contributed by atoms with E-state index in [-0.39, 0.29) is 35.8 Å². The molecule has 13 nitrogen and oxygen atoms in total. The number of hydrogen-bond acceptors (Lipinski definition) is 10. The standard InChI is InChI=1S/C24H26FN5.C16H14N4O3.C8H10FN/c1-15-12-19(9-10-27-15)24-21-13-18(22(26)14-23(21)30(3)29-24)8-11-28-16(2)17-4-6-20(25)7-5-17;1-10-7-12(3-5-17-10)16-13-8-11(4-6-21)14(20(22)23)9-15(13)19(2)18-16;1-6(10)7-2-4-8(9)5-3-7/h4-7,9-10,12-14,16,28H,8,11,26H2,1-3H3;3,5-9H,4H2,1-2H3;2-6H,10H2,1H3/t16-;;6-/m1.1/s1. The predicted molar refractivity (Wildman–Crippen MR) is 244 cm³/mol. The van der Waals surface area contributed by atoms with E-state index < -0.39 is 4.92 Å². The quantitative estimate of drug-likeness (QED) is 0.0491. The van der Waals surface area contributed by atoms with Gasteiger partial charge in [-0.05, 0) is 124 Å². The van der Waals surface area contributed by atoms with E-state index in [1.165, 1.54) is 30.3 Å². The number of halogens is 2. The monoisotopic (exact) mass is 852 g/mol. The number of fused-ring (bicyclic) bond motifs is 2. The topological polar surface area (TPSA) is 186 Å². The van der Waals surface area contributed by atoms with Gasteiger partial charge in [0, 0.05) is 95.6 Å². The zero-order valence-corrected chi connectivity index (χ0v) is 36.0. The van der Waals surface area contributed by atoms with Crippen LogP contribution in [0, 0.1) is 35.6 Å². The molecule has 0 spiro atoms. The van der Waals surface area contributed by atoms with E-state index in [9.17, 15) is 23.7 Å². The molecule has 5 N–H and O–H groups in total. The number of aryl methyl sites for hydroxylation is 4. The first-order chi connectivity index (χ1) is 30.1. The summed E-state index contributed by atoms with van der Waals surface area (Å²) in [6, 6.07) is 28.0. The molecule has 2 atom stereocenters. The third-order valence-corrected chi connectivity index (χ3v) is 10.6. The van der Waals surface area contributed by atoms with Gasteiger partial charge in [-0.3, -0.25) is 29.4 Å². The van der Waals surface area contributed by atoms with Crippen LogP contribution in [0.2, 0.25) is 0 Å². The summed E-state index contributed by atoms with van der Waals surface area (Å²) >= 11 is 0. The van der Waals surface area contributed by atoms with E-state index in [4.69, 9.17) is 16.6 Å². The number of rotatable bonds is 11. The highest BCUT2D eigenvalue weighted by molar-refractivity contribution is 5.96. The molecule has 0 radical (unpaired) electrons. The minimum absolute atomic E-state index is 0.00401. The van der Waals surface area contributed by atoms with Crippen LogP contribution in [0.4, 0.5) is 20.2 Å². The van der Waals surface area contributed by atoms with Crippen LogP contribution in [0.1, 0.15) is 59.6 Å². The number of pyridine rings is 2. The van der Waals surface area contributed by atoms with Gasteiger partial charge < -0.3 is 21.6 Å². The van der Waals surface area contributed by atoms with Crippen molar-refractivity contribution in [3.8, 4) is 22.5 Å². The third-order valence-electron chi connectivity index (χ3n) is 10.6. The van der Waals surface area contributed by atoms with Crippen molar-refractivity contribution in [2.75, 3.05) is 12.3 Å². The lowest BCUT2D eigenvalue weighted by Gasteiger charge is -2.15. The predicted octanol–water partition coefficient (Wildman–Crippen LogP) is 9.00. The highest BCUT2D eigenvalue weighted by Crippen LogP contribution is 2.34. The van der Waals surface area contributed by atoms with Gasteiger partial charge in [0.2, 0.25) is 0 Å². The first-order valence-electron chi connectivity index (χ1n) is 20.3. The van der Waals surface area contributed by atoms with Crippen molar-refractivity contribution in [2.24, 2.45) is 19.8 Å². The van der Waals surface area contributed by atoms with Crippen LogP contribution in [0.3, 0.4) is 0 Å². The Hall–Kier alpha value is -7.23. The van der Waals surface area contributed by atoms with E-state index in [2.05, 4.69) is 33.4 Å². The normalized spacial score (nSPS) is 12.0. The molecule has 0 unspecified atom stereocenters. The fourth-order valence-corrected chi connectivity index (χ4v) is 7.21. The SMILES string of the molecule is C[C@@H](N)c1ccc(F)cc1.Cc1cc(-c2nn(C)c3cc(N)c(CCN[C@H](C)c4ccc(F)cc4)cc23)ccn1.Cc1cc(-c2nn(C)c3cc([N+](=O)[O-])c(CC=O)cc23)ccn1. The molecule has 0 aliphatic heterocycles. The highest BCUT2D eigenvalue weighted by atomic mass is 19.1. The molecule has 4 aromatic carbocycles. The van der Waals surface area contributed by atoms with Gasteiger partial charge >= 0.3 is 0 Å². The fourth-order valence-electron chi connectivity index (χ4n) is 7.21. The largest absolute Gasteiger partial charge is 0.398 e. The minimum Gasteiger partial charge on any atom is -0.398 e. The van der Waals surface area contributed by atoms with Gasteiger partial charge in [0.25, 0.3) is 5.69 Å². The first kappa shape index (κ1) is 45.3. The number of nitro groups is 1. The number of benzene rings is 4. The number of nitrogens with two attached hydrogens (primary N) is 2. The van der Waals surface area contributed by atoms with E-state index >= 15 is 0 Å². The minimum atomic E-state index is -0.471. The molecule has 0 amide bonds. The zero-order chi connectivity index (χ0) is 45.4. The fraction of sp³-hybridized carbons (Fsp3) is 0.229. The maximum absolute atomic E-state index is 13.1. The van der Waals surface area contributed by atoms with Crippen LogP contribution in [-0.2, 0) is 31.7 Å². The summed E-state index contributed by atoms with van der Waals surface area (Å²) in [5, 5.41) is 25.8. The van der Waals surface area contributed by atoms with Gasteiger partial charge in [-0.1, -0.05) is 24.3 Å². The molecule has 63 heavy (non-hydrogen) atoms. The molecular weight excluding hydrogens is 803 g/mol. The molecule has 4 aromatic heterocycles. The molecule has 0 aliphatic rings. The summed E-state index contributed by atoms with van der Waals surface area (Å²) in [7, 11) is 3.67. The molecule has 8 rings (SSSR count). The smallest absolute Gasteiger partial charge is 0.275 e. The highest BCUT2D eigenvalue weighted by Gasteiger charge is 2.20. The van der Waals surface area contributed by atoms with Crippen LogP contribution >= 0.6 is 0 Å². The van der Waals surface area contributed by atoms with Crippen LogP contribution in [0.15, 0.2) is 109 Å². The Balaban J connectivity index is 0.000000176. The Labute approximate surface area is 364 Å². The summed E-state index contributed by atoms with van der Waals surface area (Å²) < 4.78 is 28.9. The van der Waals surface area contributed by atoms with E-state index in [0.717, 1.165) is 85.5 Å². The van der Waals surface area contributed by atoms with E-state index in [1.54, 1.807) is 36.1 Å². The number of carbonyl (C=O) groups is 1. The van der Waals surface area contributed by atoms with Gasteiger partial charge in [0.15, 0.2) is 0 Å². The Bertz CT molecular complexity index is 2870. The lowest BCUT2D eigenvalue weighted by molar-refractivity contribution is -0.385. The van der Waals surface area contributed by atoms with E-state index in [1.807, 2.05) is 81.2 Å². The number of nitrogens with one attached hydrogen (secondary N) is 1. The first-order valence-corrected chi connectivity index (χ1v) is 20.3. The van der Waals surface area contributed by atoms with Gasteiger partial charge in [-0.25, -0.2) is 8.78 Å². The number of anilines is 1. The molecule has 0 aliphatic carbocycles. The molecular formula is C48H50F2N10O3. The zero-order valence-electron chi connectivity index (χ0n) is 36.0. The van der Waals surface area contributed by atoms with Gasteiger partial charge in [0.05, 0.1) is 16.0 Å². The van der Waals surface area contributed by atoms with Crippen LogP contribution < -0.4 is 16.8 Å². The number of nitrogen functional groups attached to an aromatic ring is 1. The van der Waals surface area contributed by atoms with Crippen molar-refractivity contribution in [3.05, 3.63) is 165 Å². The maximum atomic E-state index is 13.1. The summed E-state index contributed by atoms with van der Waals surface area (Å²) in [6.07, 6.45) is 4.96. The van der Waals surface area contributed by atoms with Crippen molar-refractivity contribution < 1.29 is 18.5 Å². The second-order valence-electron chi connectivity index (χ2n) is 15.3. The van der Waals surface area contributed by atoms with E-state index in [0.29, 0.717) is 17.4 Å². The van der Waals surface area contributed by atoms with Crippen molar-refractivity contribution >= 4 is 39.5 Å². The number of nitrogens with zero attached hydrogens (tertiary/aromatic N) is 7. The summed E-state index contributed by atoms with van der Waals surface area (Å²) in [6.45, 7) is 8.57. The van der Waals surface area contributed by atoms with Gasteiger partial charge in [0.1, 0.15) is 29.3 Å². The molecule has 0 fully saturated rings. The Morgan fingerprint density at radius 1 is 0.746 bits per heavy atom. The average Bonchev–Trinajstić information content (AvgIpc) is 3.75. The molecule has 0 saturated heterocycles. The second-order valence-corrected chi connectivity index (χ2v) is 15.3. The lowest BCUT2D eigenvalue weighted by atomic mass is 10.0. The number of nitro benzene ring substituents is 1. The second kappa shape index (κ2) is 20.1. The number of hydrogen-bond donors (Lipinski definition) is 3. The van der Waals surface area contributed by atoms with Crippen LogP contribution in [0.25, 0.3) is 44.3 Å². The molecule has 0 bridgehead atoms. The Morgan fingerprint density at radius 3 is 1.71 bits per heavy atom. The number of carbonyl (C=O) groups excluding carboxylic acids is 1. The van der Waals surface area contributed by atoms with Crippen LogP contribution in [0.5, 0.6) is 0 Å². The summed E-state index contributed by atoms with van der Waals surface area (Å²) in [5.41, 5.74) is 23.1.